The number of carbonyl (C=O) groups excluding carboxylic acids is 1. The van der Waals surface area contributed by atoms with Crippen LogP contribution < -0.4 is 21.7 Å². The first kappa shape index (κ1) is 22.6. The molecule has 0 aliphatic carbocycles. The summed E-state index contributed by atoms with van der Waals surface area (Å²) < 4.78 is 5.49. The first-order chi connectivity index (χ1) is 15.1. The minimum absolute atomic E-state index is 0.175. The van der Waals surface area contributed by atoms with E-state index in [0.29, 0.717) is 55.4 Å². The standard InChI is InChI=1S/C23H32N6O2/c1-3-20-19(14-27-23(30)15-5-7-16(25)8-6-15)21(28-17-9-11-31-12-10-17)18(13-24)22(29-20)26-4-2/h5-8,13,17,24H,3-4,9-12,14,25H2,1-2H3,(H,27,30)(H2,26,28,29). The van der Waals surface area contributed by atoms with Crippen molar-refractivity contribution < 1.29 is 9.53 Å². The van der Waals surface area contributed by atoms with Gasteiger partial charge in [0.05, 0.1) is 11.3 Å². The van der Waals surface area contributed by atoms with Crippen LogP contribution in [0.2, 0.25) is 0 Å². The summed E-state index contributed by atoms with van der Waals surface area (Å²) in [5.41, 5.74) is 10.3. The number of rotatable bonds is 9. The number of benzene rings is 1. The summed E-state index contributed by atoms with van der Waals surface area (Å²) in [5, 5.41) is 18.0. The number of pyridine rings is 1. The molecule has 2 heterocycles. The van der Waals surface area contributed by atoms with Crippen molar-refractivity contribution in [3.63, 3.8) is 0 Å². The highest BCUT2D eigenvalue weighted by molar-refractivity contribution is 5.96. The number of aromatic nitrogens is 1. The number of nitrogens with one attached hydrogen (secondary N) is 4. The Bertz CT molecular complexity index is 907. The van der Waals surface area contributed by atoms with Gasteiger partial charge in [0.1, 0.15) is 5.82 Å². The lowest BCUT2D eigenvalue weighted by Crippen LogP contribution is -2.31. The van der Waals surface area contributed by atoms with Crippen LogP contribution in [0.1, 0.15) is 53.9 Å². The van der Waals surface area contributed by atoms with Gasteiger partial charge in [-0.1, -0.05) is 6.92 Å². The zero-order valence-electron chi connectivity index (χ0n) is 18.3. The molecule has 1 aliphatic heterocycles. The molecule has 1 saturated heterocycles. The number of nitrogens with two attached hydrogens (primary N) is 1. The Morgan fingerprint density at radius 3 is 2.58 bits per heavy atom. The number of nitrogens with zero attached hydrogens (tertiary/aromatic N) is 1. The molecule has 8 nitrogen and oxygen atoms in total. The van der Waals surface area contributed by atoms with Gasteiger partial charge in [-0.3, -0.25) is 4.79 Å². The van der Waals surface area contributed by atoms with Crippen LogP contribution in [0.25, 0.3) is 0 Å². The zero-order valence-corrected chi connectivity index (χ0v) is 18.3. The Morgan fingerprint density at radius 2 is 1.97 bits per heavy atom. The van der Waals surface area contributed by atoms with Gasteiger partial charge >= 0.3 is 0 Å². The van der Waals surface area contributed by atoms with Crippen molar-refractivity contribution in [1.82, 2.24) is 10.3 Å². The maximum atomic E-state index is 12.7. The summed E-state index contributed by atoms with van der Waals surface area (Å²) in [4.78, 5) is 17.5. The number of carbonyl (C=O) groups is 1. The van der Waals surface area contributed by atoms with Crippen molar-refractivity contribution in [3.05, 3.63) is 46.6 Å². The summed E-state index contributed by atoms with van der Waals surface area (Å²) in [6, 6.07) is 7.10. The predicted molar refractivity (Wildman–Crippen MR) is 125 cm³/mol. The molecule has 0 radical (unpaired) electrons. The van der Waals surface area contributed by atoms with E-state index in [1.54, 1.807) is 24.3 Å². The topological polar surface area (TPSA) is 125 Å². The van der Waals surface area contributed by atoms with Crippen LogP contribution >= 0.6 is 0 Å². The van der Waals surface area contributed by atoms with Gasteiger partial charge in [0.15, 0.2) is 0 Å². The van der Waals surface area contributed by atoms with Gasteiger partial charge in [0.2, 0.25) is 0 Å². The van der Waals surface area contributed by atoms with E-state index in [2.05, 4.69) is 16.0 Å². The molecular formula is C23H32N6O2. The first-order valence-corrected chi connectivity index (χ1v) is 10.8. The third-order valence-corrected chi connectivity index (χ3v) is 5.41. The molecule has 6 N–H and O–H groups in total. The molecule has 1 aromatic heterocycles. The molecule has 166 valence electrons. The van der Waals surface area contributed by atoms with Crippen molar-refractivity contribution in [3.8, 4) is 0 Å². The molecule has 1 amide bonds. The third kappa shape index (κ3) is 5.52. The summed E-state index contributed by atoms with van der Waals surface area (Å²) >= 11 is 0. The number of amides is 1. The lowest BCUT2D eigenvalue weighted by molar-refractivity contribution is 0.0904. The number of hydrogen-bond donors (Lipinski definition) is 5. The monoisotopic (exact) mass is 424 g/mol. The highest BCUT2D eigenvalue weighted by Crippen LogP contribution is 2.30. The van der Waals surface area contributed by atoms with E-state index in [0.717, 1.165) is 29.8 Å². The number of aryl methyl sites for hydroxylation is 1. The van der Waals surface area contributed by atoms with Crippen LogP contribution in [0.5, 0.6) is 0 Å². The summed E-state index contributed by atoms with van der Waals surface area (Å²) in [6.45, 7) is 6.51. The van der Waals surface area contributed by atoms with Crippen LogP contribution in [-0.2, 0) is 17.7 Å². The molecule has 31 heavy (non-hydrogen) atoms. The Labute approximate surface area is 183 Å². The highest BCUT2D eigenvalue weighted by atomic mass is 16.5. The van der Waals surface area contributed by atoms with Gasteiger partial charge in [-0.2, -0.15) is 0 Å². The second-order valence-corrected chi connectivity index (χ2v) is 7.54. The van der Waals surface area contributed by atoms with Crippen molar-refractivity contribution in [2.24, 2.45) is 0 Å². The van der Waals surface area contributed by atoms with E-state index in [9.17, 15) is 4.79 Å². The second kappa shape index (κ2) is 10.8. The van der Waals surface area contributed by atoms with Gasteiger partial charge in [0.25, 0.3) is 5.91 Å². The fourth-order valence-corrected chi connectivity index (χ4v) is 3.73. The largest absolute Gasteiger partial charge is 0.399 e. The lowest BCUT2D eigenvalue weighted by atomic mass is 10.0. The maximum Gasteiger partial charge on any atom is 0.251 e. The molecule has 0 saturated carbocycles. The molecule has 1 aromatic carbocycles. The highest BCUT2D eigenvalue weighted by Gasteiger charge is 2.22. The Hall–Kier alpha value is -3.13. The molecule has 1 fully saturated rings. The second-order valence-electron chi connectivity index (χ2n) is 7.54. The van der Waals surface area contributed by atoms with Crippen molar-refractivity contribution in [2.75, 3.05) is 36.1 Å². The van der Waals surface area contributed by atoms with Crippen LogP contribution in [0, 0.1) is 5.41 Å². The van der Waals surface area contributed by atoms with Crippen LogP contribution in [0.3, 0.4) is 0 Å². The average molecular weight is 425 g/mol. The van der Waals surface area contributed by atoms with Crippen molar-refractivity contribution in [1.29, 1.82) is 5.41 Å². The summed E-state index contributed by atoms with van der Waals surface area (Å²) in [7, 11) is 0. The molecule has 0 unspecified atom stereocenters. The van der Waals surface area contributed by atoms with Crippen molar-refractivity contribution >= 4 is 29.3 Å². The van der Waals surface area contributed by atoms with E-state index in [1.807, 2.05) is 13.8 Å². The molecule has 0 bridgehead atoms. The smallest absolute Gasteiger partial charge is 0.251 e. The number of hydrogen-bond acceptors (Lipinski definition) is 7. The Kier molecular flexibility index (Phi) is 7.83. The van der Waals surface area contributed by atoms with Gasteiger partial charge in [-0.15, -0.1) is 0 Å². The molecule has 2 aromatic rings. The number of anilines is 3. The third-order valence-electron chi connectivity index (χ3n) is 5.41. The maximum absolute atomic E-state index is 12.7. The summed E-state index contributed by atoms with van der Waals surface area (Å²) in [5.74, 6) is 0.517. The quantitative estimate of drug-likeness (QED) is 0.311. The molecule has 0 atom stereocenters. The zero-order chi connectivity index (χ0) is 22.2. The van der Waals surface area contributed by atoms with E-state index in [-0.39, 0.29) is 11.9 Å². The van der Waals surface area contributed by atoms with Crippen LogP contribution in [0.15, 0.2) is 24.3 Å². The first-order valence-electron chi connectivity index (χ1n) is 10.8. The van der Waals surface area contributed by atoms with Crippen molar-refractivity contribution in [2.45, 2.75) is 45.7 Å². The van der Waals surface area contributed by atoms with Crippen LogP contribution in [0.4, 0.5) is 17.2 Å². The molecule has 1 aliphatic rings. The SMILES string of the molecule is CCNc1nc(CC)c(CNC(=O)c2ccc(N)cc2)c(NC2CCOCC2)c1C=N. The minimum atomic E-state index is -0.175. The minimum Gasteiger partial charge on any atom is -0.399 e. The van der Waals surface area contributed by atoms with Gasteiger partial charge < -0.3 is 31.8 Å². The molecule has 3 rings (SSSR count). The van der Waals surface area contributed by atoms with Gasteiger partial charge in [-0.05, 0) is 50.5 Å². The fraction of sp³-hybridized carbons (Fsp3) is 0.435. The van der Waals surface area contributed by atoms with Crippen LogP contribution in [-0.4, -0.2) is 42.9 Å². The molecule has 0 spiro atoms. The average Bonchev–Trinajstić information content (AvgIpc) is 2.79. The number of ether oxygens (including phenoxy) is 1. The van der Waals surface area contributed by atoms with E-state index < -0.39 is 0 Å². The Balaban J connectivity index is 1.94. The van der Waals surface area contributed by atoms with Gasteiger partial charge in [0, 0.05) is 61.1 Å². The Morgan fingerprint density at radius 1 is 1.26 bits per heavy atom. The van der Waals surface area contributed by atoms with E-state index in [4.69, 9.17) is 20.9 Å². The summed E-state index contributed by atoms with van der Waals surface area (Å²) in [6.07, 6.45) is 3.84. The fourth-order valence-electron chi connectivity index (χ4n) is 3.73. The van der Waals surface area contributed by atoms with E-state index >= 15 is 0 Å². The number of nitrogen functional groups attached to an aromatic ring is 1. The van der Waals surface area contributed by atoms with Gasteiger partial charge in [-0.25, -0.2) is 4.98 Å². The lowest BCUT2D eigenvalue weighted by Gasteiger charge is -2.28. The van der Waals surface area contributed by atoms with E-state index in [1.165, 1.54) is 6.21 Å². The predicted octanol–water partition coefficient (Wildman–Crippen LogP) is 3.18. The molecular weight excluding hydrogens is 392 g/mol. The molecule has 8 heteroatoms. The normalized spacial score (nSPS) is 14.1.